The van der Waals surface area contributed by atoms with Gasteiger partial charge in [0.05, 0.1) is 43.4 Å². The van der Waals surface area contributed by atoms with Crippen LogP contribution in [0.25, 0.3) is 32.7 Å². The monoisotopic (exact) mass is 590 g/mol. The summed E-state index contributed by atoms with van der Waals surface area (Å²) < 4.78 is 34.6. The van der Waals surface area contributed by atoms with E-state index in [2.05, 4.69) is 0 Å². The fourth-order valence-corrected chi connectivity index (χ4v) is 5.00. The van der Waals surface area contributed by atoms with Crippen LogP contribution in [-0.2, 0) is 9.47 Å². The minimum absolute atomic E-state index is 0.0991. The van der Waals surface area contributed by atoms with Crippen molar-refractivity contribution >= 4 is 44.7 Å². The number of halogens is 2. The highest BCUT2D eigenvalue weighted by molar-refractivity contribution is 6.34. The summed E-state index contributed by atoms with van der Waals surface area (Å²) in [7, 11) is 2.93. The first-order valence-corrected chi connectivity index (χ1v) is 13.6. The third-order valence-corrected chi connectivity index (χ3v) is 6.87. The Morgan fingerprint density at radius 2 is 1.32 bits per heavy atom. The molecule has 2 N–H and O–H groups in total. The van der Waals surface area contributed by atoms with E-state index in [0.29, 0.717) is 69.5 Å². The Bertz CT molecular complexity index is 1510. The van der Waals surface area contributed by atoms with E-state index in [-0.39, 0.29) is 47.3 Å². The largest absolute Gasteiger partial charge is 0.507 e. The molecule has 0 aliphatic carbocycles. The van der Waals surface area contributed by atoms with Gasteiger partial charge < -0.3 is 38.6 Å². The second-order valence-corrected chi connectivity index (χ2v) is 9.48. The molecule has 0 bridgehead atoms. The predicted octanol–water partition coefficient (Wildman–Crippen LogP) is 7.23. The molecule has 0 saturated heterocycles. The van der Waals surface area contributed by atoms with Gasteiger partial charge in [0.1, 0.15) is 36.2 Å². The molecule has 0 heterocycles. The van der Waals surface area contributed by atoms with Crippen LogP contribution < -0.4 is 18.9 Å². The summed E-state index contributed by atoms with van der Waals surface area (Å²) in [4.78, 5) is 0. The molecule has 4 aromatic rings. The van der Waals surface area contributed by atoms with Crippen LogP contribution in [0, 0.1) is 0 Å². The molecule has 0 unspecified atom stereocenters. The zero-order chi connectivity index (χ0) is 28.8. The minimum atomic E-state index is -0.164. The zero-order valence-electron chi connectivity index (χ0n) is 22.8. The quantitative estimate of drug-likeness (QED) is 0.157. The first-order valence-electron chi connectivity index (χ1n) is 12.8. The summed E-state index contributed by atoms with van der Waals surface area (Å²) in [6.07, 6.45) is 0. The summed E-state index contributed by atoms with van der Waals surface area (Å²) in [5.74, 6) is 0.938. The molecule has 214 valence electrons. The number of hydrogen-bond acceptors (Lipinski definition) is 8. The zero-order valence-corrected chi connectivity index (χ0v) is 24.3. The van der Waals surface area contributed by atoms with Crippen LogP contribution in [0.2, 0.25) is 10.0 Å². The molecule has 40 heavy (non-hydrogen) atoms. The van der Waals surface area contributed by atoms with Gasteiger partial charge in [-0.25, -0.2) is 0 Å². The molecular formula is C30H32Cl2O8. The Balaban J connectivity index is 2.03. The Hall–Kier alpha value is -3.30. The lowest BCUT2D eigenvalue weighted by Gasteiger charge is -2.22. The van der Waals surface area contributed by atoms with Gasteiger partial charge in [0.2, 0.25) is 0 Å². The van der Waals surface area contributed by atoms with Gasteiger partial charge in [-0.15, -0.1) is 0 Å². The number of fused-ring (bicyclic) bond motifs is 2. The second kappa shape index (κ2) is 13.4. The van der Waals surface area contributed by atoms with Crippen LogP contribution in [0.3, 0.4) is 0 Å². The molecule has 0 aliphatic heterocycles. The van der Waals surface area contributed by atoms with Crippen molar-refractivity contribution in [2.24, 2.45) is 0 Å². The first-order chi connectivity index (χ1) is 19.4. The molecule has 0 amide bonds. The van der Waals surface area contributed by atoms with Gasteiger partial charge in [0.15, 0.2) is 11.5 Å². The number of ether oxygens (including phenoxy) is 6. The molecule has 0 spiro atoms. The van der Waals surface area contributed by atoms with E-state index < -0.39 is 0 Å². The maximum Gasteiger partial charge on any atom is 0.173 e. The summed E-state index contributed by atoms with van der Waals surface area (Å²) in [6.45, 7) is 6.02. The van der Waals surface area contributed by atoms with Gasteiger partial charge in [-0.1, -0.05) is 23.2 Å². The van der Waals surface area contributed by atoms with Crippen molar-refractivity contribution in [3.63, 3.8) is 0 Å². The number of hydrogen-bond donors (Lipinski definition) is 2. The Morgan fingerprint density at radius 3 is 1.98 bits per heavy atom. The average Bonchev–Trinajstić information content (AvgIpc) is 2.95. The number of aromatic hydroxyl groups is 2. The lowest BCUT2D eigenvalue weighted by Crippen LogP contribution is -2.08. The summed E-state index contributed by atoms with van der Waals surface area (Å²) in [5.41, 5.74) is 0.468. The Kier molecular flexibility index (Phi) is 9.92. The van der Waals surface area contributed by atoms with Gasteiger partial charge in [-0.2, -0.15) is 0 Å². The van der Waals surface area contributed by atoms with Gasteiger partial charge in [-0.05, 0) is 50.2 Å². The molecule has 0 aromatic heterocycles. The van der Waals surface area contributed by atoms with E-state index in [1.807, 2.05) is 13.8 Å². The van der Waals surface area contributed by atoms with Crippen LogP contribution in [0.15, 0.2) is 36.4 Å². The predicted molar refractivity (Wildman–Crippen MR) is 157 cm³/mol. The third kappa shape index (κ3) is 5.76. The topological polar surface area (TPSA) is 95.8 Å². The summed E-state index contributed by atoms with van der Waals surface area (Å²) in [5, 5.41) is 25.9. The van der Waals surface area contributed by atoms with E-state index in [4.69, 9.17) is 51.6 Å². The fraction of sp³-hybridized carbons (Fsp3) is 0.333. The van der Waals surface area contributed by atoms with Crippen LogP contribution in [-0.4, -0.2) is 64.1 Å². The van der Waals surface area contributed by atoms with Gasteiger partial charge in [0.25, 0.3) is 0 Å². The molecular weight excluding hydrogens is 559 g/mol. The molecule has 8 nitrogen and oxygen atoms in total. The van der Waals surface area contributed by atoms with Gasteiger partial charge >= 0.3 is 0 Å². The van der Waals surface area contributed by atoms with Crippen molar-refractivity contribution in [3.8, 4) is 45.6 Å². The molecule has 0 saturated carbocycles. The number of benzene rings is 4. The molecule has 4 aromatic carbocycles. The van der Waals surface area contributed by atoms with E-state index in [1.165, 1.54) is 14.2 Å². The van der Waals surface area contributed by atoms with E-state index in [9.17, 15) is 10.2 Å². The summed E-state index contributed by atoms with van der Waals surface area (Å²) in [6, 6.07) is 9.99. The smallest absolute Gasteiger partial charge is 0.173 e. The van der Waals surface area contributed by atoms with Crippen molar-refractivity contribution < 1.29 is 38.6 Å². The number of phenolic OH excluding ortho intramolecular Hbond substituents is 2. The highest BCUT2D eigenvalue weighted by atomic mass is 35.5. The van der Waals surface area contributed by atoms with Crippen molar-refractivity contribution in [1.29, 1.82) is 0 Å². The third-order valence-electron chi connectivity index (χ3n) is 6.34. The van der Waals surface area contributed by atoms with Crippen LogP contribution in [0.5, 0.6) is 34.5 Å². The standard InChI is InChI=1S/C30H32Cl2O8/c1-5-37-11-13-39-23-16-21(26(33)18-8-7-17(31)15-20(18)23)24-27(34)19-9-10-22(32)28(35-3)25(19)30(29(24)36-4)40-14-12-38-6-2/h7-10,15-16,33-34H,5-6,11-14H2,1-4H3. The van der Waals surface area contributed by atoms with E-state index in [1.54, 1.807) is 36.4 Å². The molecule has 0 radical (unpaired) electrons. The number of rotatable bonds is 13. The highest BCUT2D eigenvalue weighted by Crippen LogP contribution is 2.56. The van der Waals surface area contributed by atoms with Gasteiger partial charge in [-0.3, -0.25) is 0 Å². The number of methoxy groups -OCH3 is 2. The average molecular weight is 591 g/mol. The molecule has 0 aliphatic rings. The molecule has 10 heteroatoms. The van der Waals surface area contributed by atoms with Crippen molar-refractivity contribution in [3.05, 3.63) is 46.4 Å². The molecule has 0 atom stereocenters. The fourth-order valence-electron chi connectivity index (χ4n) is 4.59. The van der Waals surface area contributed by atoms with Crippen molar-refractivity contribution in [2.45, 2.75) is 13.8 Å². The maximum absolute atomic E-state index is 11.7. The minimum Gasteiger partial charge on any atom is -0.507 e. The van der Waals surface area contributed by atoms with E-state index >= 15 is 0 Å². The normalized spacial score (nSPS) is 11.2. The lowest BCUT2D eigenvalue weighted by atomic mass is 9.93. The van der Waals surface area contributed by atoms with Crippen molar-refractivity contribution in [2.75, 3.05) is 53.9 Å². The van der Waals surface area contributed by atoms with Crippen LogP contribution in [0.1, 0.15) is 13.8 Å². The van der Waals surface area contributed by atoms with Crippen molar-refractivity contribution in [1.82, 2.24) is 0 Å². The molecule has 0 fully saturated rings. The van der Waals surface area contributed by atoms with Crippen LogP contribution in [0.4, 0.5) is 0 Å². The number of phenols is 2. The highest BCUT2D eigenvalue weighted by Gasteiger charge is 2.29. The Morgan fingerprint density at radius 1 is 0.675 bits per heavy atom. The van der Waals surface area contributed by atoms with Gasteiger partial charge in [0, 0.05) is 40.0 Å². The molecule has 4 rings (SSSR count). The van der Waals surface area contributed by atoms with Crippen LogP contribution >= 0.6 is 23.2 Å². The summed E-state index contributed by atoms with van der Waals surface area (Å²) >= 11 is 12.7. The maximum atomic E-state index is 11.7. The first kappa shape index (κ1) is 29.7. The SMILES string of the molecule is CCOCCOc1cc(-c2c(OC)c(OCCOCC)c3c(OC)c(Cl)ccc3c2O)c(O)c2ccc(Cl)cc12. The lowest BCUT2D eigenvalue weighted by molar-refractivity contribution is 0.109. The second-order valence-electron chi connectivity index (χ2n) is 8.64. The Labute approximate surface area is 242 Å². The van der Waals surface area contributed by atoms with E-state index in [0.717, 1.165) is 0 Å².